The zero-order chi connectivity index (χ0) is 15.1. The number of nitrogens with two attached hydrogens (primary N) is 1. The number of anilines is 1. The van der Waals surface area contributed by atoms with Crippen molar-refractivity contribution in [2.75, 3.05) is 12.0 Å². The van der Waals surface area contributed by atoms with Crippen LogP contribution in [0.2, 0.25) is 0 Å². The number of benzene rings is 1. The van der Waals surface area contributed by atoms with Gasteiger partial charge in [0, 0.05) is 12.6 Å². The Morgan fingerprint density at radius 2 is 2.10 bits per heavy atom. The molecule has 0 bridgehead atoms. The van der Waals surface area contributed by atoms with Crippen LogP contribution in [0.3, 0.4) is 0 Å². The summed E-state index contributed by atoms with van der Waals surface area (Å²) in [5.74, 6) is 5.60. The summed E-state index contributed by atoms with van der Waals surface area (Å²) in [5, 5.41) is 0. The first-order chi connectivity index (χ1) is 9.54. The zero-order valence-electron chi connectivity index (χ0n) is 13.1. The van der Waals surface area contributed by atoms with Gasteiger partial charge in [0.2, 0.25) is 0 Å². The highest BCUT2D eigenvalue weighted by Crippen LogP contribution is 2.20. The molecule has 0 spiro atoms. The van der Waals surface area contributed by atoms with Crippen LogP contribution in [-0.4, -0.2) is 23.4 Å². The van der Waals surface area contributed by atoms with E-state index >= 15 is 0 Å². The molecule has 1 aromatic carbocycles. The molecular formula is C16H27N3O. The van der Waals surface area contributed by atoms with Crippen molar-refractivity contribution >= 4 is 11.6 Å². The lowest BCUT2D eigenvalue weighted by atomic mass is 10.1. The minimum Gasteiger partial charge on any atom is -0.336 e. The number of hydrogen-bond acceptors (Lipinski definition) is 3. The predicted octanol–water partition coefficient (Wildman–Crippen LogP) is 3.32. The van der Waals surface area contributed by atoms with Crippen molar-refractivity contribution in [3.05, 3.63) is 29.3 Å². The van der Waals surface area contributed by atoms with Crippen LogP contribution >= 0.6 is 0 Å². The van der Waals surface area contributed by atoms with Gasteiger partial charge in [-0.3, -0.25) is 10.6 Å². The summed E-state index contributed by atoms with van der Waals surface area (Å²) < 4.78 is 0. The highest BCUT2D eigenvalue weighted by atomic mass is 16.2. The van der Waals surface area contributed by atoms with E-state index in [0.717, 1.165) is 31.4 Å². The summed E-state index contributed by atoms with van der Waals surface area (Å²) in [7, 11) is 0. The Balaban J connectivity index is 3.04. The summed E-state index contributed by atoms with van der Waals surface area (Å²) in [5.41, 5.74) is 5.06. The molecule has 0 radical (unpaired) electrons. The van der Waals surface area contributed by atoms with Crippen molar-refractivity contribution in [1.82, 2.24) is 4.90 Å². The van der Waals surface area contributed by atoms with Gasteiger partial charge in [-0.15, -0.1) is 0 Å². The fourth-order valence-electron chi connectivity index (χ4n) is 2.19. The van der Waals surface area contributed by atoms with Gasteiger partial charge >= 0.3 is 0 Å². The third-order valence-electron chi connectivity index (χ3n) is 3.70. The second-order valence-electron chi connectivity index (χ2n) is 5.30. The van der Waals surface area contributed by atoms with Crippen molar-refractivity contribution in [3.63, 3.8) is 0 Å². The Labute approximate surface area is 122 Å². The van der Waals surface area contributed by atoms with Crippen molar-refractivity contribution < 1.29 is 4.79 Å². The minimum atomic E-state index is 0.0563. The van der Waals surface area contributed by atoms with Crippen LogP contribution in [0.1, 0.15) is 56.0 Å². The van der Waals surface area contributed by atoms with Gasteiger partial charge in [0.1, 0.15) is 0 Å². The summed E-state index contributed by atoms with van der Waals surface area (Å²) in [6, 6.07) is 5.94. The van der Waals surface area contributed by atoms with Gasteiger partial charge in [0.05, 0.1) is 11.3 Å². The molecule has 0 aliphatic heterocycles. The van der Waals surface area contributed by atoms with Crippen LogP contribution in [0.5, 0.6) is 0 Å². The highest BCUT2D eigenvalue weighted by Gasteiger charge is 2.22. The molecule has 0 fully saturated rings. The molecule has 1 aromatic rings. The molecule has 3 N–H and O–H groups in total. The number of carbonyl (C=O) groups excluding carboxylic acids is 1. The maximum atomic E-state index is 12.8. The molecule has 0 heterocycles. The SMILES string of the molecule is CCCCN(C(=O)c1ccc(C)cc1NN)C(C)CC. The van der Waals surface area contributed by atoms with Gasteiger partial charge in [-0.2, -0.15) is 0 Å². The molecule has 0 saturated heterocycles. The van der Waals surface area contributed by atoms with E-state index in [1.165, 1.54) is 0 Å². The molecule has 112 valence electrons. The Hall–Kier alpha value is -1.55. The van der Waals surface area contributed by atoms with Gasteiger partial charge < -0.3 is 10.3 Å². The van der Waals surface area contributed by atoms with Crippen molar-refractivity contribution in [1.29, 1.82) is 0 Å². The number of nitrogen functional groups attached to an aromatic ring is 1. The standard InChI is InChI=1S/C16H27N3O/c1-5-7-10-19(13(4)6-2)16(20)14-9-8-12(3)11-15(14)18-17/h8-9,11,13,18H,5-7,10,17H2,1-4H3. The van der Waals surface area contributed by atoms with Crippen molar-refractivity contribution in [2.45, 2.75) is 53.0 Å². The van der Waals surface area contributed by atoms with E-state index in [1.54, 1.807) is 0 Å². The summed E-state index contributed by atoms with van der Waals surface area (Å²) in [4.78, 5) is 14.7. The number of amides is 1. The lowest BCUT2D eigenvalue weighted by molar-refractivity contribution is 0.0686. The number of rotatable bonds is 7. The van der Waals surface area contributed by atoms with Crippen LogP contribution in [-0.2, 0) is 0 Å². The lowest BCUT2D eigenvalue weighted by Gasteiger charge is -2.29. The van der Waals surface area contributed by atoms with E-state index in [-0.39, 0.29) is 11.9 Å². The molecule has 0 aliphatic rings. The van der Waals surface area contributed by atoms with E-state index < -0.39 is 0 Å². The van der Waals surface area contributed by atoms with Crippen LogP contribution in [0.15, 0.2) is 18.2 Å². The number of carbonyl (C=O) groups is 1. The zero-order valence-corrected chi connectivity index (χ0v) is 13.1. The molecule has 20 heavy (non-hydrogen) atoms. The normalized spacial score (nSPS) is 12.1. The molecular weight excluding hydrogens is 250 g/mol. The number of unbranched alkanes of at least 4 members (excludes halogenated alkanes) is 1. The van der Waals surface area contributed by atoms with Gasteiger partial charge in [0.15, 0.2) is 0 Å². The van der Waals surface area contributed by atoms with Gasteiger partial charge in [0.25, 0.3) is 5.91 Å². The fraction of sp³-hybridized carbons (Fsp3) is 0.562. The Kier molecular flexibility index (Phi) is 6.52. The largest absolute Gasteiger partial charge is 0.336 e. The van der Waals surface area contributed by atoms with E-state index in [2.05, 4.69) is 26.2 Å². The second-order valence-corrected chi connectivity index (χ2v) is 5.30. The van der Waals surface area contributed by atoms with Crippen LogP contribution in [0.4, 0.5) is 5.69 Å². The van der Waals surface area contributed by atoms with Gasteiger partial charge in [-0.25, -0.2) is 0 Å². The van der Waals surface area contributed by atoms with E-state index in [0.29, 0.717) is 11.3 Å². The predicted molar refractivity (Wildman–Crippen MR) is 84.7 cm³/mol. The minimum absolute atomic E-state index is 0.0563. The molecule has 0 saturated carbocycles. The first kappa shape index (κ1) is 16.5. The number of nitrogens with one attached hydrogen (secondary N) is 1. The lowest BCUT2D eigenvalue weighted by Crippen LogP contribution is -2.39. The second kappa shape index (κ2) is 7.90. The van der Waals surface area contributed by atoms with E-state index in [4.69, 9.17) is 5.84 Å². The molecule has 4 heteroatoms. The number of nitrogens with zero attached hydrogens (tertiary/aromatic N) is 1. The number of hydrogen-bond donors (Lipinski definition) is 2. The topological polar surface area (TPSA) is 58.4 Å². The summed E-state index contributed by atoms with van der Waals surface area (Å²) >= 11 is 0. The maximum Gasteiger partial charge on any atom is 0.256 e. The van der Waals surface area contributed by atoms with Crippen molar-refractivity contribution in [2.24, 2.45) is 5.84 Å². The summed E-state index contributed by atoms with van der Waals surface area (Å²) in [6.07, 6.45) is 3.05. The van der Waals surface area contributed by atoms with Crippen LogP contribution in [0.25, 0.3) is 0 Å². The Bertz CT molecular complexity index is 445. The molecule has 1 atom stereocenters. The molecule has 1 rings (SSSR count). The fourth-order valence-corrected chi connectivity index (χ4v) is 2.19. The van der Waals surface area contributed by atoms with Gasteiger partial charge in [-0.05, 0) is 44.4 Å². The number of aryl methyl sites for hydroxylation is 1. The van der Waals surface area contributed by atoms with Crippen LogP contribution in [0, 0.1) is 6.92 Å². The third kappa shape index (κ3) is 3.97. The summed E-state index contributed by atoms with van der Waals surface area (Å²) in [6.45, 7) is 9.12. The average Bonchev–Trinajstić information content (AvgIpc) is 2.46. The van der Waals surface area contributed by atoms with Gasteiger partial charge in [-0.1, -0.05) is 26.3 Å². The van der Waals surface area contributed by atoms with Crippen molar-refractivity contribution in [3.8, 4) is 0 Å². The average molecular weight is 277 g/mol. The Morgan fingerprint density at radius 1 is 1.40 bits per heavy atom. The molecule has 0 aromatic heterocycles. The van der Waals surface area contributed by atoms with E-state index in [1.807, 2.05) is 30.0 Å². The Morgan fingerprint density at radius 3 is 2.65 bits per heavy atom. The van der Waals surface area contributed by atoms with E-state index in [9.17, 15) is 4.79 Å². The maximum absolute atomic E-state index is 12.8. The highest BCUT2D eigenvalue weighted by molar-refractivity contribution is 5.99. The molecule has 1 unspecified atom stereocenters. The monoisotopic (exact) mass is 277 g/mol. The van der Waals surface area contributed by atoms with Crippen LogP contribution < -0.4 is 11.3 Å². The smallest absolute Gasteiger partial charge is 0.256 e. The quantitative estimate of drug-likeness (QED) is 0.594. The first-order valence-electron chi connectivity index (χ1n) is 7.43. The number of hydrazine groups is 1. The molecule has 1 amide bonds. The third-order valence-corrected chi connectivity index (χ3v) is 3.70. The molecule has 0 aliphatic carbocycles. The molecule has 4 nitrogen and oxygen atoms in total. The first-order valence-corrected chi connectivity index (χ1v) is 7.43.